The molecule has 0 saturated carbocycles. The van der Waals surface area contributed by atoms with Crippen molar-refractivity contribution in [1.82, 2.24) is 20.2 Å². The Kier molecular flexibility index (Phi) is 6.36. The van der Waals surface area contributed by atoms with Gasteiger partial charge in [0.25, 0.3) is 0 Å². The maximum Gasteiger partial charge on any atom is 0.143 e. The van der Waals surface area contributed by atoms with Crippen LogP contribution >= 0.6 is 23.4 Å². The van der Waals surface area contributed by atoms with Crippen LogP contribution in [0, 0.1) is 5.41 Å². The summed E-state index contributed by atoms with van der Waals surface area (Å²) in [6.07, 6.45) is 8.88. The monoisotopic (exact) mass is 446 g/mol. The molecule has 5 heterocycles. The molecule has 7 nitrogen and oxygen atoms in total. The van der Waals surface area contributed by atoms with E-state index in [9.17, 15) is 0 Å². The second-order valence-corrected chi connectivity index (χ2v) is 8.97. The van der Waals surface area contributed by atoms with Crippen molar-refractivity contribution in [2.45, 2.75) is 42.9 Å². The Labute approximate surface area is 185 Å². The number of aromatic amines is 1. The predicted octanol–water partition coefficient (Wildman–Crippen LogP) is 4.77. The molecule has 2 saturated heterocycles. The van der Waals surface area contributed by atoms with E-state index in [-0.39, 0.29) is 0 Å². The third kappa shape index (κ3) is 3.96. The SMILES string of the molecule is CC.Nc1nccc(Sc2cnc(N3CCC4(CCOC4)CC3)c3cn[nH]c23)c1Cl. The third-order valence-corrected chi connectivity index (χ3v) is 7.44. The second-order valence-electron chi connectivity index (χ2n) is 7.50. The molecule has 9 heteroatoms. The predicted molar refractivity (Wildman–Crippen MR) is 122 cm³/mol. The lowest BCUT2D eigenvalue weighted by Crippen LogP contribution is -2.40. The van der Waals surface area contributed by atoms with Gasteiger partial charge in [0.05, 0.1) is 33.6 Å². The van der Waals surface area contributed by atoms with E-state index in [0.717, 1.165) is 65.7 Å². The first kappa shape index (κ1) is 21.2. The van der Waals surface area contributed by atoms with E-state index in [1.807, 2.05) is 32.3 Å². The molecular formula is C21H27ClN6OS. The van der Waals surface area contributed by atoms with Gasteiger partial charge in [0, 0.05) is 37.0 Å². The lowest BCUT2D eigenvalue weighted by Gasteiger charge is -2.39. The average Bonchev–Trinajstić information content (AvgIpc) is 3.44. The van der Waals surface area contributed by atoms with Gasteiger partial charge in [0.1, 0.15) is 11.6 Å². The molecule has 3 aromatic rings. The first-order chi connectivity index (χ1) is 14.7. The van der Waals surface area contributed by atoms with Crippen LogP contribution in [0.4, 0.5) is 11.6 Å². The van der Waals surface area contributed by atoms with Crippen LogP contribution in [-0.4, -0.2) is 46.5 Å². The van der Waals surface area contributed by atoms with Gasteiger partial charge in [0.2, 0.25) is 0 Å². The number of ether oxygens (including phenoxy) is 1. The zero-order chi connectivity index (χ0) is 21.1. The number of nitrogens with one attached hydrogen (secondary N) is 1. The molecular weight excluding hydrogens is 420 g/mol. The van der Waals surface area contributed by atoms with Crippen molar-refractivity contribution in [1.29, 1.82) is 0 Å². The number of halogens is 1. The van der Waals surface area contributed by atoms with E-state index < -0.39 is 0 Å². The van der Waals surface area contributed by atoms with E-state index in [4.69, 9.17) is 27.1 Å². The largest absolute Gasteiger partial charge is 0.382 e. The standard InChI is InChI=1S/C19H21ClN6OS.C2H6/c20-15-13(1-5-22-17(15)21)28-14-10-23-18(12-9-24-25-16(12)14)26-6-2-19(3-7-26)4-8-27-11-19;1-2/h1,5,9-10H,2-4,6-8,11H2,(H2,21,22)(H,24,25);1-2H3. The van der Waals surface area contributed by atoms with Crippen molar-refractivity contribution in [3.63, 3.8) is 0 Å². The molecule has 1 spiro atoms. The van der Waals surface area contributed by atoms with Crippen LogP contribution in [0.5, 0.6) is 0 Å². The molecule has 0 amide bonds. The molecule has 0 radical (unpaired) electrons. The number of aromatic nitrogens is 4. The van der Waals surface area contributed by atoms with E-state index in [1.165, 1.54) is 18.2 Å². The summed E-state index contributed by atoms with van der Waals surface area (Å²) in [6.45, 7) is 7.80. The van der Waals surface area contributed by atoms with Crippen molar-refractivity contribution in [2.24, 2.45) is 5.41 Å². The molecule has 160 valence electrons. The number of hydrogen-bond acceptors (Lipinski definition) is 7. The first-order valence-corrected chi connectivity index (χ1v) is 11.6. The summed E-state index contributed by atoms with van der Waals surface area (Å²) in [5.74, 6) is 1.32. The normalized spacial score (nSPS) is 17.9. The van der Waals surface area contributed by atoms with Gasteiger partial charge in [-0.3, -0.25) is 5.10 Å². The minimum Gasteiger partial charge on any atom is -0.382 e. The Bertz CT molecular complexity index is 1010. The Hall–Kier alpha value is -2.03. The molecule has 0 bridgehead atoms. The maximum atomic E-state index is 6.31. The second kappa shape index (κ2) is 8.99. The van der Waals surface area contributed by atoms with Gasteiger partial charge in [-0.05, 0) is 30.7 Å². The summed E-state index contributed by atoms with van der Waals surface area (Å²) in [4.78, 5) is 13.0. The summed E-state index contributed by atoms with van der Waals surface area (Å²) in [5.41, 5.74) is 7.17. The highest BCUT2D eigenvalue weighted by Crippen LogP contribution is 2.42. The summed E-state index contributed by atoms with van der Waals surface area (Å²) in [5, 5.41) is 8.89. The zero-order valence-corrected chi connectivity index (χ0v) is 18.9. The van der Waals surface area contributed by atoms with Gasteiger partial charge in [-0.2, -0.15) is 5.10 Å². The maximum absolute atomic E-state index is 6.31. The number of nitrogens with two attached hydrogens (primary N) is 1. The van der Waals surface area contributed by atoms with E-state index >= 15 is 0 Å². The first-order valence-electron chi connectivity index (χ1n) is 10.4. The number of fused-ring (bicyclic) bond motifs is 1. The molecule has 30 heavy (non-hydrogen) atoms. The van der Waals surface area contributed by atoms with Crippen LogP contribution in [0.1, 0.15) is 33.1 Å². The molecule has 0 aromatic carbocycles. The van der Waals surface area contributed by atoms with Gasteiger partial charge in [0.15, 0.2) is 0 Å². The van der Waals surface area contributed by atoms with Gasteiger partial charge in [-0.25, -0.2) is 9.97 Å². The fourth-order valence-corrected chi connectivity index (χ4v) is 5.25. The average molecular weight is 447 g/mol. The molecule has 2 aliphatic rings. The molecule has 3 N–H and O–H groups in total. The minimum absolute atomic E-state index is 0.329. The summed E-state index contributed by atoms with van der Waals surface area (Å²) in [7, 11) is 0. The number of rotatable bonds is 3. The number of nitrogen functional groups attached to an aromatic ring is 1. The number of nitrogens with zero attached hydrogens (tertiary/aromatic N) is 4. The van der Waals surface area contributed by atoms with Crippen LogP contribution in [0.15, 0.2) is 34.4 Å². The van der Waals surface area contributed by atoms with Crippen molar-refractivity contribution >= 4 is 45.9 Å². The molecule has 0 atom stereocenters. The Balaban J connectivity index is 0.00000106. The molecule has 3 aromatic heterocycles. The highest BCUT2D eigenvalue weighted by atomic mass is 35.5. The van der Waals surface area contributed by atoms with Crippen molar-refractivity contribution in [3.8, 4) is 0 Å². The summed E-state index contributed by atoms with van der Waals surface area (Å²) in [6, 6.07) is 1.85. The fraction of sp³-hybridized carbons (Fsp3) is 0.476. The molecule has 5 rings (SSSR count). The third-order valence-electron chi connectivity index (χ3n) is 5.84. The number of hydrogen-bond donors (Lipinski definition) is 2. The summed E-state index contributed by atoms with van der Waals surface area (Å²) >= 11 is 7.82. The van der Waals surface area contributed by atoms with Crippen LogP contribution in [0.2, 0.25) is 5.02 Å². The Morgan fingerprint density at radius 3 is 2.70 bits per heavy atom. The van der Waals surface area contributed by atoms with Crippen LogP contribution in [-0.2, 0) is 4.74 Å². The Morgan fingerprint density at radius 2 is 1.97 bits per heavy atom. The van der Waals surface area contributed by atoms with Gasteiger partial charge in [-0.1, -0.05) is 37.2 Å². The number of piperidine rings is 1. The van der Waals surface area contributed by atoms with Crippen LogP contribution in [0.25, 0.3) is 10.9 Å². The van der Waals surface area contributed by atoms with Gasteiger partial charge >= 0.3 is 0 Å². The van der Waals surface area contributed by atoms with E-state index in [0.29, 0.717) is 16.3 Å². The van der Waals surface area contributed by atoms with E-state index in [1.54, 1.807) is 6.20 Å². The minimum atomic E-state index is 0.329. The highest BCUT2D eigenvalue weighted by molar-refractivity contribution is 7.99. The van der Waals surface area contributed by atoms with Crippen molar-refractivity contribution < 1.29 is 4.74 Å². The van der Waals surface area contributed by atoms with E-state index in [2.05, 4.69) is 20.1 Å². The van der Waals surface area contributed by atoms with Gasteiger partial charge < -0.3 is 15.4 Å². The molecule has 2 fully saturated rings. The summed E-state index contributed by atoms with van der Waals surface area (Å²) < 4.78 is 5.65. The topological polar surface area (TPSA) is 92.9 Å². The van der Waals surface area contributed by atoms with Crippen molar-refractivity contribution in [3.05, 3.63) is 29.7 Å². The highest BCUT2D eigenvalue weighted by Gasteiger charge is 2.38. The molecule has 2 aliphatic heterocycles. The van der Waals surface area contributed by atoms with Crippen LogP contribution < -0.4 is 10.6 Å². The lowest BCUT2D eigenvalue weighted by molar-refractivity contribution is 0.133. The number of anilines is 2. The number of pyridine rings is 2. The fourth-order valence-electron chi connectivity index (χ4n) is 4.10. The Morgan fingerprint density at radius 1 is 1.17 bits per heavy atom. The molecule has 0 unspecified atom stereocenters. The van der Waals surface area contributed by atoms with Gasteiger partial charge in [-0.15, -0.1) is 0 Å². The quantitative estimate of drug-likeness (QED) is 0.598. The zero-order valence-electron chi connectivity index (χ0n) is 17.3. The lowest BCUT2D eigenvalue weighted by atomic mass is 9.78. The molecule has 0 aliphatic carbocycles. The van der Waals surface area contributed by atoms with Crippen LogP contribution in [0.3, 0.4) is 0 Å². The smallest absolute Gasteiger partial charge is 0.143 e. The number of H-pyrrole nitrogens is 1. The van der Waals surface area contributed by atoms with Crippen molar-refractivity contribution in [2.75, 3.05) is 36.9 Å².